The van der Waals surface area contributed by atoms with Crippen LogP contribution in [0.25, 0.3) is 0 Å². The summed E-state index contributed by atoms with van der Waals surface area (Å²) in [5.41, 5.74) is 5.51. The molecule has 1 atom stereocenters. The van der Waals surface area contributed by atoms with E-state index in [2.05, 4.69) is 67.9 Å². The van der Waals surface area contributed by atoms with E-state index in [0.29, 0.717) is 5.92 Å². The lowest BCUT2D eigenvalue weighted by atomic mass is 9.95. The summed E-state index contributed by atoms with van der Waals surface area (Å²) in [4.78, 5) is 0. The molecule has 0 spiro atoms. The van der Waals surface area contributed by atoms with E-state index in [9.17, 15) is 5.11 Å². The van der Waals surface area contributed by atoms with Gasteiger partial charge in [0.05, 0.1) is 0 Å². The molecule has 0 heterocycles. The summed E-state index contributed by atoms with van der Waals surface area (Å²) in [7, 11) is 0. The van der Waals surface area contributed by atoms with Gasteiger partial charge in [0, 0.05) is 4.47 Å². The lowest BCUT2D eigenvalue weighted by Gasteiger charge is -2.16. The van der Waals surface area contributed by atoms with Gasteiger partial charge in [0.25, 0.3) is 0 Å². The quantitative estimate of drug-likeness (QED) is 0.791. The van der Waals surface area contributed by atoms with Crippen molar-refractivity contribution in [3.05, 3.63) is 68.7 Å². The molecule has 0 amide bonds. The Labute approximate surface area is 136 Å². The van der Waals surface area contributed by atoms with Crippen LogP contribution >= 0.6 is 15.9 Å². The van der Waals surface area contributed by atoms with E-state index in [1.807, 2.05) is 12.1 Å². The summed E-state index contributed by atoms with van der Waals surface area (Å²) in [6.45, 7) is 8.54. The fourth-order valence-electron chi connectivity index (χ4n) is 2.69. The highest BCUT2D eigenvalue weighted by molar-refractivity contribution is 9.10. The van der Waals surface area contributed by atoms with Crippen molar-refractivity contribution in [3.63, 3.8) is 0 Å². The summed E-state index contributed by atoms with van der Waals surface area (Å²) in [6.07, 6.45) is 0.474. The van der Waals surface area contributed by atoms with E-state index in [4.69, 9.17) is 0 Å². The topological polar surface area (TPSA) is 20.2 Å². The Hall–Kier alpha value is -1.12. The zero-order chi connectivity index (χ0) is 15.6. The minimum Gasteiger partial charge on any atom is -0.384 e. The summed E-state index contributed by atoms with van der Waals surface area (Å²) in [5.74, 6) is 0.620. The molecule has 2 aromatic rings. The Morgan fingerprint density at radius 1 is 1.00 bits per heavy atom. The van der Waals surface area contributed by atoms with E-state index in [1.165, 1.54) is 5.56 Å². The van der Waals surface area contributed by atoms with Crippen LogP contribution in [0.1, 0.15) is 47.8 Å². The van der Waals surface area contributed by atoms with Gasteiger partial charge in [0.1, 0.15) is 6.10 Å². The smallest absolute Gasteiger partial charge is 0.104 e. The highest BCUT2D eigenvalue weighted by Gasteiger charge is 2.13. The van der Waals surface area contributed by atoms with E-state index in [1.54, 1.807) is 0 Å². The molecule has 2 rings (SSSR count). The summed E-state index contributed by atoms with van der Waals surface area (Å²) in [6, 6.07) is 12.4. The molecule has 0 aliphatic heterocycles. The molecule has 0 fully saturated rings. The standard InChI is InChI=1S/C19H23BrO/c1-12(2)8-15-6-5-7-16(11-15)19(21)17-9-13(3)18(20)14(4)10-17/h5-7,9-12,19,21H,8H2,1-4H3. The third kappa shape index (κ3) is 3.96. The second-order valence-corrected chi connectivity index (χ2v) is 7.01. The van der Waals surface area contributed by atoms with Crippen molar-refractivity contribution in [1.82, 2.24) is 0 Å². The van der Waals surface area contributed by atoms with Crippen LogP contribution in [-0.2, 0) is 6.42 Å². The van der Waals surface area contributed by atoms with Crippen molar-refractivity contribution in [2.45, 2.75) is 40.2 Å². The van der Waals surface area contributed by atoms with Crippen molar-refractivity contribution in [1.29, 1.82) is 0 Å². The van der Waals surface area contributed by atoms with Crippen molar-refractivity contribution in [2.75, 3.05) is 0 Å². The summed E-state index contributed by atoms with van der Waals surface area (Å²) >= 11 is 3.58. The molecule has 0 saturated heterocycles. The Morgan fingerprint density at radius 2 is 1.62 bits per heavy atom. The third-order valence-corrected chi connectivity index (χ3v) is 4.94. The van der Waals surface area contributed by atoms with Crippen LogP contribution in [0.3, 0.4) is 0 Å². The molecule has 21 heavy (non-hydrogen) atoms. The molecule has 1 N–H and O–H groups in total. The number of aryl methyl sites for hydroxylation is 2. The average molecular weight is 347 g/mol. The Kier molecular flexibility index (Phi) is 5.23. The third-order valence-electron chi connectivity index (χ3n) is 3.69. The molecule has 0 saturated carbocycles. The minimum atomic E-state index is -0.567. The lowest BCUT2D eigenvalue weighted by Crippen LogP contribution is -2.03. The first-order valence-electron chi connectivity index (χ1n) is 7.42. The van der Waals surface area contributed by atoms with Gasteiger partial charge in [-0.1, -0.05) is 66.2 Å². The van der Waals surface area contributed by atoms with Crippen LogP contribution in [0.15, 0.2) is 40.9 Å². The molecule has 0 radical (unpaired) electrons. The maximum atomic E-state index is 10.7. The van der Waals surface area contributed by atoms with Gasteiger partial charge >= 0.3 is 0 Å². The average Bonchev–Trinajstić information content (AvgIpc) is 2.43. The van der Waals surface area contributed by atoms with Gasteiger partial charge in [-0.05, 0) is 54.0 Å². The normalized spacial score (nSPS) is 12.7. The molecule has 0 aromatic heterocycles. The van der Waals surface area contributed by atoms with Gasteiger partial charge < -0.3 is 5.11 Å². The molecular weight excluding hydrogens is 324 g/mol. The number of hydrogen-bond donors (Lipinski definition) is 1. The van der Waals surface area contributed by atoms with Crippen LogP contribution in [0.2, 0.25) is 0 Å². The van der Waals surface area contributed by atoms with Gasteiger partial charge in [0.2, 0.25) is 0 Å². The van der Waals surface area contributed by atoms with Crippen LogP contribution in [0.4, 0.5) is 0 Å². The van der Waals surface area contributed by atoms with Gasteiger partial charge in [-0.3, -0.25) is 0 Å². The fourth-order valence-corrected chi connectivity index (χ4v) is 2.92. The first-order chi connectivity index (χ1) is 9.88. The first kappa shape index (κ1) is 16.3. The first-order valence-corrected chi connectivity index (χ1v) is 8.21. The van der Waals surface area contributed by atoms with Gasteiger partial charge in [-0.2, -0.15) is 0 Å². The van der Waals surface area contributed by atoms with Gasteiger partial charge in [-0.25, -0.2) is 0 Å². The Bertz CT molecular complexity index is 608. The number of rotatable bonds is 4. The Morgan fingerprint density at radius 3 is 2.19 bits per heavy atom. The second kappa shape index (κ2) is 6.76. The van der Waals surface area contributed by atoms with Crippen LogP contribution in [-0.4, -0.2) is 5.11 Å². The minimum absolute atomic E-state index is 0.567. The zero-order valence-corrected chi connectivity index (χ0v) is 14.7. The highest BCUT2D eigenvalue weighted by atomic mass is 79.9. The Balaban J connectivity index is 2.33. The largest absolute Gasteiger partial charge is 0.384 e. The van der Waals surface area contributed by atoms with Crippen molar-refractivity contribution in [3.8, 4) is 0 Å². The molecular formula is C19H23BrO. The predicted octanol–water partition coefficient (Wildman–Crippen LogP) is 5.35. The SMILES string of the molecule is Cc1cc(C(O)c2cccc(CC(C)C)c2)cc(C)c1Br. The number of benzene rings is 2. The molecule has 0 bridgehead atoms. The lowest BCUT2D eigenvalue weighted by molar-refractivity contribution is 0.220. The van der Waals surface area contributed by atoms with Crippen LogP contribution in [0.5, 0.6) is 0 Å². The number of aliphatic hydroxyl groups excluding tert-OH is 1. The van der Waals surface area contributed by atoms with Crippen molar-refractivity contribution in [2.24, 2.45) is 5.92 Å². The number of halogens is 1. The summed E-state index contributed by atoms with van der Waals surface area (Å²) < 4.78 is 1.12. The number of hydrogen-bond acceptors (Lipinski definition) is 1. The van der Waals surface area contributed by atoms with Crippen LogP contribution in [0, 0.1) is 19.8 Å². The molecule has 0 aliphatic rings. The van der Waals surface area contributed by atoms with E-state index >= 15 is 0 Å². The van der Waals surface area contributed by atoms with Gasteiger partial charge in [0.15, 0.2) is 0 Å². The molecule has 1 nitrogen and oxygen atoms in total. The monoisotopic (exact) mass is 346 g/mol. The maximum Gasteiger partial charge on any atom is 0.104 e. The van der Waals surface area contributed by atoms with Gasteiger partial charge in [-0.15, -0.1) is 0 Å². The molecule has 112 valence electrons. The van der Waals surface area contributed by atoms with Crippen molar-refractivity contribution < 1.29 is 5.11 Å². The fraction of sp³-hybridized carbons (Fsp3) is 0.368. The molecule has 2 aromatic carbocycles. The van der Waals surface area contributed by atoms with Crippen molar-refractivity contribution >= 4 is 15.9 Å². The second-order valence-electron chi connectivity index (χ2n) is 6.21. The molecule has 1 unspecified atom stereocenters. The number of aliphatic hydroxyl groups is 1. The van der Waals surface area contributed by atoms with E-state index in [-0.39, 0.29) is 0 Å². The highest BCUT2D eigenvalue weighted by Crippen LogP contribution is 2.29. The maximum absolute atomic E-state index is 10.7. The summed E-state index contributed by atoms with van der Waals surface area (Å²) in [5, 5.41) is 10.7. The predicted molar refractivity (Wildman–Crippen MR) is 92.7 cm³/mol. The zero-order valence-electron chi connectivity index (χ0n) is 13.2. The van der Waals surface area contributed by atoms with E-state index in [0.717, 1.165) is 33.1 Å². The molecule has 2 heteroatoms. The van der Waals surface area contributed by atoms with Crippen LogP contribution < -0.4 is 0 Å². The van der Waals surface area contributed by atoms with E-state index < -0.39 is 6.10 Å². The molecule has 0 aliphatic carbocycles.